The van der Waals surface area contributed by atoms with Gasteiger partial charge in [0, 0.05) is 19.0 Å². The van der Waals surface area contributed by atoms with Gasteiger partial charge in [0.1, 0.15) is 4.21 Å². The van der Waals surface area contributed by atoms with Crippen LogP contribution in [-0.4, -0.2) is 31.7 Å². The van der Waals surface area contributed by atoms with Crippen LogP contribution in [0, 0.1) is 0 Å². The molecule has 0 saturated heterocycles. The smallest absolute Gasteiger partial charge is 0.206 e. The van der Waals surface area contributed by atoms with Crippen LogP contribution in [0.3, 0.4) is 0 Å². The lowest BCUT2D eigenvalue weighted by atomic mass is 10.5. The van der Waals surface area contributed by atoms with E-state index < -0.39 is 10.0 Å². The van der Waals surface area contributed by atoms with Crippen molar-refractivity contribution in [3.8, 4) is 0 Å². The molecule has 1 aromatic rings. The minimum atomic E-state index is -3.31. The van der Waals surface area contributed by atoms with Crippen LogP contribution in [0.25, 0.3) is 0 Å². The summed E-state index contributed by atoms with van der Waals surface area (Å²) in [7, 11) is -3.31. The molecule has 86 valence electrons. The molecule has 0 amide bonds. The summed E-state index contributed by atoms with van der Waals surface area (Å²) in [5.41, 5.74) is 0. The van der Waals surface area contributed by atoms with Gasteiger partial charge in [-0.05, 0) is 17.9 Å². The molecule has 1 heterocycles. The van der Waals surface area contributed by atoms with Crippen molar-refractivity contribution in [3.05, 3.63) is 17.5 Å². The minimum absolute atomic E-state index is 0.324. The van der Waals surface area contributed by atoms with Gasteiger partial charge in [-0.1, -0.05) is 13.0 Å². The van der Waals surface area contributed by atoms with Crippen molar-refractivity contribution in [2.45, 2.75) is 17.6 Å². The predicted octanol–water partition coefficient (Wildman–Crippen LogP) is 2.39. The van der Waals surface area contributed by atoms with Gasteiger partial charge < -0.3 is 0 Å². The van der Waals surface area contributed by atoms with E-state index >= 15 is 0 Å². The summed E-state index contributed by atoms with van der Waals surface area (Å²) in [6.07, 6.45) is 0.793. The van der Waals surface area contributed by atoms with E-state index in [-0.39, 0.29) is 0 Å². The highest BCUT2D eigenvalue weighted by Gasteiger charge is 2.23. The molecule has 0 fully saturated rings. The lowest BCUT2D eigenvalue weighted by molar-refractivity contribution is 0.430. The van der Waals surface area contributed by atoms with E-state index in [0.717, 1.165) is 6.42 Å². The zero-order valence-electron chi connectivity index (χ0n) is 8.52. The number of thiophene rings is 1. The molecule has 0 saturated carbocycles. The van der Waals surface area contributed by atoms with E-state index in [0.29, 0.717) is 23.2 Å². The SMILES string of the molecule is CCCN(CCCl)S(=O)(=O)c1cccs1. The van der Waals surface area contributed by atoms with Crippen LogP contribution in [0.5, 0.6) is 0 Å². The number of nitrogens with zero attached hydrogens (tertiary/aromatic N) is 1. The number of halogens is 1. The zero-order valence-corrected chi connectivity index (χ0v) is 10.9. The third-order valence-corrected chi connectivity index (χ3v) is 5.34. The Labute approximate surface area is 99.7 Å². The summed E-state index contributed by atoms with van der Waals surface area (Å²) >= 11 is 6.83. The molecular formula is C9H14ClNO2S2. The number of sulfonamides is 1. The van der Waals surface area contributed by atoms with Crippen LogP contribution < -0.4 is 0 Å². The Hall–Kier alpha value is -0.100. The molecule has 1 aromatic heterocycles. The summed E-state index contributed by atoms with van der Waals surface area (Å²) < 4.78 is 25.9. The molecule has 0 N–H and O–H groups in total. The minimum Gasteiger partial charge on any atom is -0.206 e. The Kier molecular flexibility index (Phi) is 5.05. The topological polar surface area (TPSA) is 37.4 Å². The number of alkyl halides is 1. The monoisotopic (exact) mass is 267 g/mol. The summed E-state index contributed by atoms with van der Waals surface area (Å²) in [6.45, 7) is 2.84. The molecule has 0 spiro atoms. The van der Waals surface area contributed by atoms with Crippen LogP contribution in [0.4, 0.5) is 0 Å². The van der Waals surface area contributed by atoms with E-state index in [1.165, 1.54) is 15.6 Å². The number of hydrogen-bond donors (Lipinski definition) is 0. The van der Waals surface area contributed by atoms with Crippen LogP contribution in [0.1, 0.15) is 13.3 Å². The average molecular weight is 268 g/mol. The number of hydrogen-bond acceptors (Lipinski definition) is 3. The number of rotatable bonds is 6. The summed E-state index contributed by atoms with van der Waals surface area (Å²) in [6, 6.07) is 3.36. The highest BCUT2D eigenvalue weighted by molar-refractivity contribution is 7.91. The van der Waals surface area contributed by atoms with E-state index in [9.17, 15) is 8.42 Å². The molecule has 0 radical (unpaired) electrons. The quantitative estimate of drug-likeness (QED) is 0.742. The molecule has 0 aromatic carbocycles. The molecule has 3 nitrogen and oxygen atoms in total. The average Bonchev–Trinajstić information content (AvgIpc) is 2.70. The van der Waals surface area contributed by atoms with E-state index in [1.807, 2.05) is 6.92 Å². The first-order valence-electron chi connectivity index (χ1n) is 4.72. The third kappa shape index (κ3) is 3.17. The van der Waals surface area contributed by atoms with Gasteiger partial charge >= 0.3 is 0 Å². The van der Waals surface area contributed by atoms with Gasteiger partial charge in [-0.25, -0.2) is 8.42 Å². The Morgan fingerprint density at radius 1 is 1.47 bits per heavy atom. The normalized spacial score (nSPS) is 12.2. The fraction of sp³-hybridized carbons (Fsp3) is 0.556. The second-order valence-electron chi connectivity index (χ2n) is 3.03. The van der Waals surface area contributed by atoms with Gasteiger partial charge in [0.05, 0.1) is 0 Å². The van der Waals surface area contributed by atoms with Crippen molar-refractivity contribution < 1.29 is 8.42 Å². The Morgan fingerprint density at radius 2 is 2.20 bits per heavy atom. The van der Waals surface area contributed by atoms with Crippen molar-refractivity contribution in [1.29, 1.82) is 0 Å². The van der Waals surface area contributed by atoms with Gasteiger partial charge in [-0.2, -0.15) is 4.31 Å². The van der Waals surface area contributed by atoms with Crippen molar-refractivity contribution in [2.24, 2.45) is 0 Å². The van der Waals surface area contributed by atoms with Crippen LogP contribution in [0.2, 0.25) is 0 Å². The van der Waals surface area contributed by atoms with Gasteiger partial charge in [-0.3, -0.25) is 0 Å². The van der Waals surface area contributed by atoms with Crippen molar-refractivity contribution in [2.75, 3.05) is 19.0 Å². The first-order valence-corrected chi connectivity index (χ1v) is 7.58. The molecule has 0 unspecified atom stereocenters. The highest BCUT2D eigenvalue weighted by atomic mass is 35.5. The molecule has 0 aliphatic carbocycles. The maximum absolute atomic E-state index is 12.1. The molecule has 0 bridgehead atoms. The Bertz CT molecular complexity index is 369. The van der Waals surface area contributed by atoms with Gasteiger partial charge in [-0.15, -0.1) is 22.9 Å². The van der Waals surface area contributed by atoms with Crippen molar-refractivity contribution >= 4 is 33.0 Å². The Balaban J connectivity index is 2.91. The summed E-state index contributed by atoms with van der Waals surface area (Å²) in [5, 5.41) is 1.76. The maximum atomic E-state index is 12.1. The standard InChI is InChI=1S/C9H14ClNO2S2/c1-2-6-11(7-5-10)15(12,13)9-4-3-8-14-9/h3-4,8H,2,5-7H2,1H3. The molecule has 0 atom stereocenters. The lowest BCUT2D eigenvalue weighted by Crippen LogP contribution is -2.33. The lowest BCUT2D eigenvalue weighted by Gasteiger charge is -2.19. The fourth-order valence-corrected chi connectivity index (χ4v) is 4.21. The molecule has 0 aliphatic heterocycles. The van der Waals surface area contributed by atoms with Crippen LogP contribution >= 0.6 is 22.9 Å². The summed E-state index contributed by atoms with van der Waals surface area (Å²) in [4.78, 5) is 0. The molecule has 0 aliphatic rings. The first kappa shape index (κ1) is 13.0. The molecule has 6 heteroatoms. The second kappa shape index (κ2) is 5.84. The van der Waals surface area contributed by atoms with Gasteiger partial charge in [0.15, 0.2) is 0 Å². The van der Waals surface area contributed by atoms with Crippen LogP contribution in [0.15, 0.2) is 21.7 Å². The fourth-order valence-electron chi connectivity index (χ4n) is 1.23. The molecule has 1 rings (SSSR count). The van der Waals surface area contributed by atoms with Crippen molar-refractivity contribution in [1.82, 2.24) is 4.31 Å². The molecular weight excluding hydrogens is 254 g/mol. The van der Waals surface area contributed by atoms with Crippen LogP contribution in [-0.2, 0) is 10.0 Å². The van der Waals surface area contributed by atoms with Gasteiger partial charge in [0.2, 0.25) is 0 Å². The van der Waals surface area contributed by atoms with E-state index in [2.05, 4.69) is 0 Å². The highest BCUT2D eigenvalue weighted by Crippen LogP contribution is 2.20. The largest absolute Gasteiger partial charge is 0.252 e. The van der Waals surface area contributed by atoms with E-state index in [1.54, 1.807) is 17.5 Å². The molecule has 15 heavy (non-hydrogen) atoms. The van der Waals surface area contributed by atoms with E-state index in [4.69, 9.17) is 11.6 Å². The third-order valence-electron chi connectivity index (χ3n) is 1.90. The first-order chi connectivity index (χ1) is 7.12. The Morgan fingerprint density at radius 3 is 2.67 bits per heavy atom. The van der Waals surface area contributed by atoms with Gasteiger partial charge in [0.25, 0.3) is 10.0 Å². The zero-order chi connectivity index (χ0) is 11.3. The van der Waals surface area contributed by atoms with Crippen molar-refractivity contribution in [3.63, 3.8) is 0 Å². The predicted molar refractivity (Wildman–Crippen MR) is 64.1 cm³/mol. The summed E-state index contributed by atoms with van der Waals surface area (Å²) in [5.74, 6) is 0.324. The maximum Gasteiger partial charge on any atom is 0.252 e. The second-order valence-corrected chi connectivity index (χ2v) is 6.52.